The SMILES string of the molecule is CC(C(=O)Nc1cc(Cl)ccc1Cl)N(C)Cc1ccccc1N1CCOCC1. The first-order valence-corrected chi connectivity index (χ1v) is 10.1. The van der Waals surface area contributed by atoms with Gasteiger partial charge in [0.25, 0.3) is 0 Å². The molecule has 0 aliphatic carbocycles. The topological polar surface area (TPSA) is 44.8 Å². The molecule has 7 heteroatoms. The number of amides is 1. The number of carbonyl (C=O) groups is 1. The van der Waals surface area contributed by atoms with Crippen molar-refractivity contribution in [1.29, 1.82) is 0 Å². The van der Waals surface area contributed by atoms with Crippen molar-refractivity contribution in [2.45, 2.75) is 19.5 Å². The maximum atomic E-state index is 12.7. The van der Waals surface area contributed by atoms with Crippen LogP contribution < -0.4 is 10.2 Å². The minimum atomic E-state index is -0.340. The molecule has 1 unspecified atom stereocenters. The average molecular weight is 422 g/mol. The third-order valence-electron chi connectivity index (χ3n) is 4.99. The van der Waals surface area contributed by atoms with Crippen LogP contribution >= 0.6 is 23.2 Å². The van der Waals surface area contributed by atoms with E-state index in [0.29, 0.717) is 22.3 Å². The van der Waals surface area contributed by atoms with Crippen LogP contribution in [0.25, 0.3) is 0 Å². The van der Waals surface area contributed by atoms with E-state index in [0.717, 1.165) is 26.3 Å². The minimum Gasteiger partial charge on any atom is -0.378 e. The summed E-state index contributed by atoms with van der Waals surface area (Å²) in [5.41, 5.74) is 2.91. The number of hydrogen-bond acceptors (Lipinski definition) is 4. The Bertz CT molecular complexity index is 825. The second-order valence-corrected chi connectivity index (χ2v) is 7.78. The van der Waals surface area contributed by atoms with Crippen molar-refractivity contribution in [2.75, 3.05) is 43.6 Å². The normalized spacial score (nSPS) is 15.5. The van der Waals surface area contributed by atoms with Crippen molar-refractivity contribution < 1.29 is 9.53 Å². The molecule has 0 spiro atoms. The van der Waals surface area contributed by atoms with E-state index in [1.807, 2.05) is 31.0 Å². The van der Waals surface area contributed by atoms with Crippen molar-refractivity contribution in [2.24, 2.45) is 0 Å². The van der Waals surface area contributed by atoms with Crippen LogP contribution in [0.3, 0.4) is 0 Å². The van der Waals surface area contributed by atoms with Crippen molar-refractivity contribution >= 4 is 40.5 Å². The van der Waals surface area contributed by atoms with Gasteiger partial charge >= 0.3 is 0 Å². The van der Waals surface area contributed by atoms with Gasteiger partial charge in [0, 0.05) is 30.3 Å². The summed E-state index contributed by atoms with van der Waals surface area (Å²) in [5.74, 6) is -0.129. The quantitative estimate of drug-likeness (QED) is 0.755. The fourth-order valence-corrected chi connectivity index (χ4v) is 3.53. The summed E-state index contributed by atoms with van der Waals surface area (Å²) in [6.45, 7) is 5.78. The zero-order chi connectivity index (χ0) is 20.1. The van der Waals surface area contributed by atoms with Crippen molar-refractivity contribution in [3.8, 4) is 0 Å². The Morgan fingerprint density at radius 2 is 1.93 bits per heavy atom. The molecule has 1 aliphatic heterocycles. The van der Waals surface area contributed by atoms with Gasteiger partial charge in [0.2, 0.25) is 5.91 Å². The molecule has 1 fully saturated rings. The molecule has 2 aromatic carbocycles. The monoisotopic (exact) mass is 421 g/mol. The smallest absolute Gasteiger partial charge is 0.241 e. The third kappa shape index (κ3) is 5.17. The number of rotatable bonds is 6. The molecule has 0 radical (unpaired) electrons. The Morgan fingerprint density at radius 1 is 1.21 bits per heavy atom. The molecule has 0 aromatic heterocycles. The molecule has 1 heterocycles. The van der Waals surface area contributed by atoms with Crippen LogP contribution in [0.15, 0.2) is 42.5 Å². The zero-order valence-corrected chi connectivity index (χ0v) is 17.6. The van der Waals surface area contributed by atoms with Crippen LogP contribution in [-0.4, -0.2) is 50.2 Å². The first kappa shape index (κ1) is 20.9. The highest BCUT2D eigenvalue weighted by molar-refractivity contribution is 6.35. The molecule has 1 atom stereocenters. The predicted octanol–water partition coefficient (Wildman–Crippen LogP) is 4.29. The molecule has 1 aliphatic rings. The van der Waals surface area contributed by atoms with Crippen LogP contribution in [0.4, 0.5) is 11.4 Å². The molecular weight excluding hydrogens is 397 g/mol. The summed E-state index contributed by atoms with van der Waals surface area (Å²) in [7, 11) is 1.94. The highest BCUT2D eigenvalue weighted by Crippen LogP contribution is 2.26. The molecule has 5 nitrogen and oxygen atoms in total. The second kappa shape index (κ2) is 9.61. The molecular formula is C21H25Cl2N3O2. The molecule has 0 bridgehead atoms. The van der Waals surface area contributed by atoms with Gasteiger partial charge in [-0.1, -0.05) is 41.4 Å². The Morgan fingerprint density at radius 3 is 2.68 bits per heavy atom. The summed E-state index contributed by atoms with van der Waals surface area (Å²) >= 11 is 12.2. The summed E-state index contributed by atoms with van der Waals surface area (Å²) in [4.78, 5) is 17.1. The first-order valence-electron chi connectivity index (χ1n) is 9.32. The largest absolute Gasteiger partial charge is 0.378 e. The van der Waals surface area contributed by atoms with E-state index in [1.165, 1.54) is 11.3 Å². The summed E-state index contributed by atoms with van der Waals surface area (Å²) in [6.07, 6.45) is 0. The van der Waals surface area contributed by atoms with Gasteiger partial charge in [-0.15, -0.1) is 0 Å². The maximum Gasteiger partial charge on any atom is 0.241 e. The summed E-state index contributed by atoms with van der Waals surface area (Å²) < 4.78 is 5.46. The van der Waals surface area contributed by atoms with Crippen LogP contribution in [0.2, 0.25) is 10.0 Å². The molecule has 1 saturated heterocycles. The predicted molar refractivity (Wildman–Crippen MR) is 115 cm³/mol. The number of carbonyl (C=O) groups excluding carboxylic acids is 1. The second-order valence-electron chi connectivity index (χ2n) is 6.93. The van der Waals surface area contributed by atoms with E-state index >= 15 is 0 Å². The lowest BCUT2D eigenvalue weighted by Gasteiger charge is -2.32. The molecule has 1 N–H and O–H groups in total. The number of halogens is 2. The Balaban J connectivity index is 1.68. The van der Waals surface area contributed by atoms with E-state index in [4.69, 9.17) is 27.9 Å². The van der Waals surface area contributed by atoms with E-state index in [9.17, 15) is 4.79 Å². The number of likely N-dealkylation sites (N-methyl/N-ethyl adjacent to an activating group) is 1. The Kier molecular flexibility index (Phi) is 7.18. The Labute approximate surface area is 176 Å². The van der Waals surface area contributed by atoms with Crippen LogP contribution in [0.5, 0.6) is 0 Å². The van der Waals surface area contributed by atoms with Crippen LogP contribution in [0, 0.1) is 0 Å². The molecule has 1 amide bonds. The lowest BCUT2D eigenvalue weighted by molar-refractivity contribution is -0.120. The van der Waals surface area contributed by atoms with Crippen LogP contribution in [0.1, 0.15) is 12.5 Å². The Hall–Kier alpha value is -1.79. The van der Waals surface area contributed by atoms with E-state index in [1.54, 1.807) is 18.2 Å². The highest BCUT2D eigenvalue weighted by Gasteiger charge is 2.21. The summed E-state index contributed by atoms with van der Waals surface area (Å²) in [6, 6.07) is 13.0. The van der Waals surface area contributed by atoms with E-state index in [-0.39, 0.29) is 11.9 Å². The van der Waals surface area contributed by atoms with Gasteiger partial charge in [0.1, 0.15) is 0 Å². The summed E-state index contributed by atoms with van der Waals surface area (Å²) in [5, 5.41) is 3.86. The van der Waals surface area contributed by atoms with Gasteiger partial charge in [-0.05, 0) is 43.8 Å². The van der Waals surface area contributed by atoms with Gasteiger partial charge in [-0.3, -0.25) is 9.69 Å². The number of anilines is 2. The molecule has 3 rings (SSSR count). The number of nitrogens with zero attached hydrogens (tertiary/aromatic N) is 2. The number of benzene rings is 2. The van der Waals surface area contributed by atoms with Gasteiger partial charge < -0.3 is 15.0 Å². The average Bonchev–Trinajstić information content (AvgIpc) is 2.71. The van der Waals surface area contributed by atoms with Gasteiger partial charge in [-0.25, -0.2) is 0 Å². The standard InChI is InChI=1S/C21H25Cl2N3O2/c1-15(21(27)24-19-13-17(22)7-8-18(19)23)25(2)14-16-5-3-4-6-20(16)26-9-11-28-12-10-26/h3-8,13,15H,9-12,14H2,1-2H3,(H,24,27). The van der Waals surface area contributed by atoms with Crippen molar-refractivity contribution in [3.63, 3.8) is 0 Å². The van der Waals surface area contributed by atoms with Crippen molar-refractivity contribution in [1.82, 2.24) is 4.90 Å². The molecule has 2 aromatic rings. The molecule has 28 heavy (non-hydrogen) atoms. The third-order valence-corrected chi connectivity index (χ3v) is 5.55. The lowest BCUT2D eigenvalue weighted by atomic mass is 10.1. The number of para-hydroxylation sites is 1. The molecule has 150 valence electrons. The number of hydrogen-bond donors (Lipinski definition) is 1. The fourth-order valence-electron chi connectivity index (χ4n) is 3.19. The minimum absolute atomic E-state index is 0.129. The van der Waals surface area contributed by atoms with Gasteiger partial charge in [0.05, 0.1) is 30.0 Å². The number of ether oxygens (including phenoxy) is 1. The first-order chi connectivity index (χ1) is 13.5. The van der Waals surface area contributed by atoms with Crippen molar-refractivity contribution in [3.05, 3.63) is 58.1 Å². The van der Waals surface area contributed by atoms with Crippen LogP contribution in [-0.2, 0) is 16.1 Å². The van der Waals surface area contributed by atoms with E-state index < -0.39 is 0 Å². The van der Waals surface area contributed by atoms with E-state index in [2.05, 4.69) is 22.3 Å². The maximum absolute atomic E-state index is 12.7. The highest BCUT2D eigenvalue weighted by atomic mass is 35.5. The zero-order valence-electron chi connectivity index (χ0n) is 16.1. The van der Waals surface area contributed by atoms with Gasteiger partial charge in [-0.2, -0.15) is 0 Å². The molecule has 0 saturated carbocycles. The number of morpholine rings is 1. The lowest BCUT2D eigenvalue weighted by Crippen LogP contribution is -2.40. The fraction of sp³-hybridized carbons (Fsp3) is 0.381. The van der Waals surface area contributed by atoms with Gasteiger partial charge in [0.15, 0.2) is 0 Å². The number of nitrogens with one attached hydrogen (secondary N) is 1.